The van der Waals surface area contributed by atoms with E-state index < -0.39 is 0 Å². The molecule has 0 radical (unpaired) electrons. The predicted molar refractivity (Wildman–Crippen MR) is 68.2 cm³/mol. The molecule has 2 aromatic heterocycles. The first-order chi connectivity index (χ1) is 8.34. The number of aromatic amines is 1. The summed E-state index contributed by atoms with van der Waals surface area (Å²) >= 11 is 1.72. The van der Waals surface area contributed by atoms with Crippen molar-refractivity contribution in [2.24, 2.45) is 0 Å². The Morgan fingerprint density at radius 1 is 1.53 bits per heavy atom. The van der Waals surface area contributed by atoms with Gasteiger partial charge in [-0.15, -0.1) is 11.3 Å². The Labute approximate surface area is 104 Å². The second-order valence-corrected chi connectivity index (χ2v) is 5.10. The molecule has 2 N–H and O–H groups in total. The van der Waals surface area contributed by atoms with Crippen LogP contribution < -0.4 is 5.32 Å². The second kappa shape index (κ2) is 4.60. The first kappa shape index (κ1) is 11.0. The Hall–Kier alpha value is -1.17. The number of hydrogen-bond donors (Lipinski definition) is 2. The summed E-state index contributed by atoms with van der Waals surface area (Å²) in [6.07, 6.45) is 0. The molecule has 1 unspecified atom stereocenters. The van der Waals surface area contributed by atoms with E-state index in [0.29, 0.717) is 6.61 Å². The number of imidazole rings is 1. The summed E-state index contributed by atoms with van der Waals surface area (Å²) in [5.41, 5.74) is 2.18. The van der Waals surface area contributed by atoms with E-state index in [-0.39, 0.29) is 6.04 Å². The van der Waals surface area contributed by atoms with Crippen LogP contribution in [0.25, 0.3) is 10.6 Å². The van der Waals surface area contributed by atoms with E-state index in [9.17, 15) is 0 Å². The number of ether oxygens (including phenoxy) is 1. The molecule has 90 valence electrons. The number of H-pyrrole nitrogens is 1. The van der Waals surface area contributed by atoms with Gasteiger partial charge in [-0.2, -0.15) is 0 Å². The van der Waals surface area contributed by atoms with Crippen LogP contribution in [0, 0.1) is 6.92 Å². The van der Waals surface area contributed by atoms with Gasteiger partial charge in [0.2, 0.25) is 0 Å². The first-order valence-electron chi connectivity index (χ1n) is 5.76. The van der Waals surface area contributed by atoms with E-state index in [1.807, 2.05) is 0 Å². The molecule has 2 aromatic rings. The largest absolute Gasteiger partial charge is 0.378 e. The maximum absolute atomic E-state index is 5.46. The minimum absolute atomic E-state index is 0.191. The van der Waals surface area contributed by atoms with Crippen molar-refractivity contribution in [2.75, 3.05) is 19.8 Å². The number of aromatic nitrogens is 2. The number of morpholine rings is 1. The van der Waals surface area contributed by atoms with Crippen molar-refractivity contribution in [3.8, 4) is 10.6 Å². The first-order valence-corrected chi connectivity index (χ1v) is 6.64. The van der Waals surface area contributed by atoms with Gasteiger partial charge in [-0.25, -0.2) is 4.98 Å². The van der Waals surface area contributed by atoms with Crippen LogP contribution >= 0.6 is 11.3 Å². The van der Waals surface area contributed by atoms with E-state index in [1.165, 1.54) is 4.88 Å². The lowest BCUT2D eigenvalue weighted by molar-refractivity contribution is 0.0745. The van der Waals surface area contributed by atoms with Crippen LogP contribution in [0.1, 0.15) is 17.6 Å². The standard InChI is InChI=1S/C12H15N3OS/c1-8-11(10-3-2-6-17-10)15-12(14-8)9-7-16-5-4-13-9/h2-3,6,9,13H,4-5,7H2,1H3,(H,14,15). The molecule has 0 aromatic carbocycles. The third-order valence-electron chi connectivity index (χ3n) is 2.91. The lowest BCUT2D eigenvalue weighted by atomic mass is 10.2. The van der Waals surface area contributed by atoms with Crippen LogP contribution in [0.5, 0.6) is 0 Å². The van der Waals surface area contributed by atoms with Crippen LogP contribution in [0.2, 0.25) is 0 Å². The molecule has 1 atom stereocenters. The van der Waals surface area contributed by atoms with Crippen molar-refractivity contribution in [3.05, 3.63) is 29.0 Å². The smallest absolute Gasteiger partial charge is 0.126 e. The molecule has 0 bridgehead atoms. The number of nitrogens with one attached hydrogen (secondary N) is 2. The molecular weight excluding hydrogens is 234 g/mol. The number of nitrogens with zero attached hydrogens (tertiary/aromatic N) is 1. The van der Waals surface area contributed by atoms with Crippen molar-refractivity contribution in [2.45, 2.75) is 13.0 Å². The van der Waals surface area contributed by atoms with E-state index in [1.54, 1.807) is 11.3 Å². The van der Waals surface area contributed by atoms with Gasteiger partial charge in [0.1, 0.15) is 11.5 Å². The Morgan fingerprint density at radius 2 is 2.47 bits per heavy atom. The fourth-order valence-corrected chi connectivity index (χ4v) is 2.81. The highest BCUT2D eigenvalue weighted by molar-refractivity contribution is 7.13. The van der Waals surface area contributed by atoms with E-state index in [0.717, 1.165) is 30.4 Å². The molecule has 0 aliphatic carbocycles. The quantitative estimate of drug-likeness (QED) is 0.857. The van der Waals surface area contributed by atoms with Gasteiger partial charge < -0.3 is 15.0 Å². The van der Waals surface area contributed by atoms with Gasteiger partial charge in [-0.3, -0.25) is 0 Å². The second-order valence-electron chi connectivity index (χ2n) is 4.15. The summed E-state index contributed by atoms with van der Waals surface area (Å²) in [6.45, 7) is 4.43. The summed E-state index contributed by atoms with van der Waals surface area (Å²) in [5, 5.41) is 5.48. The van der Waals surface area contributed by atoms with Crippen LogP contribution in [0.15, 0.2) is 17.5 Å². The van der Waals surface area contributed by atoms with Gasteiger partial charge >= 0.3 is 0 Å². The molecule has 5 heteroatoms. The Bertz CT molecular complexity index is 486. The van der Waals surface area contributed by atoms with E-state index >= 15 is 0 Å². The molecule has 3 heterocycles. The number of hydrogen-bond acceptors (Lipinski definition) is 4. The fraction of sp³-hybridized carbons (Fsp3) is 0.417. The van der Waals surface area contributed by atoms with Gasteiger partial charge in [0.05, 0.1) is 24.1 Å². The average molecular weight is 249 g/mol. The van der Waals surface area contributed by atoms with Crippen LogP contribution in [0.3, 0.4) is 0 Å². The zero-order valence-corrected chi connectivity index (χ0v) is 10.5. The SMILES string of the molecule is Cc1[nH]c(C2COCCN2)nc1-c1cccs1. The highest BCUT2D eigenvalue weighted by Gasteiger charge is 2.20. The van der Waals surface area contributed by atoms with Gasteiger partial charge in [-0.05, 0) is 18.4 Å². The monoisotopic (exact) mass is 249 g/mol. The topological polar surface area (TPSA) is 49.9 Å². The maximum Gasteiger partial charge on any atom is 0.126 e. The molecule has 0 amide bonds. The predicted octanol–water partition coefficient (Wildman–Crippen LogP) is 2.11. The summed E-state index contributed by atoms with van der Waals surface area (Å²) in [4.78, 5) is 9.25. The molecular formula is C12H15N3OS. The molecule has 4 nitrogen and oxygen atoms in total. The summed E-state index contributed by atoms with van der Waals surface area (Å²) in [7, 11) is 0. The third kappa shape index (κ3) is 2.13. The van der Waals surface area contributed by atoms with Crippen molar-refractivity contribution in [1.82, 2.24) is 15.3 Å². The van der Waals surface area contributed by atoms with Crippen LogP contribution in [-0.2, 0) is 4.74 Å². The molecule has 1 saturated heterocycles. The highest BCUT2D eigenvalue weighted by atomic mass is 32.1. The maximum atomic E-state index is 5.46. The lowest BCUT2D eigenvalue weighted by Gasteiger charge is -2.21. The zero-order chi connectivity index (χ0) is 11.7. The normalized spacial score (nSPS) is 20.6. The minimum atomic E-state index is 0.191. The zero-order valence-electron chi connectivity index (χ0n) is 9.69. The molecule has 1 aliphatic heterocycles. The van der Waals surface area contributed by atoms with Crippen LogP contribution in [0.4, 0.5) is 0 Å². The minimum Gasteiger partial charge on any atom is -0.378 e. The molecule has 0 spiro atoms. The van der Waals surface area contributed by atoms with Crippen molar-refractivity contribution in [1.29, 1.82) is 0 Å². The molecule has 17 heavy (non-hydrogen) atoms. The fourth-order valence-electron chi connectivity index (χ4n) is 2.04. The lowest BCUT2D eigenvalue weighted by Crippen LogP contribution is -2.35. The van der Waals surface area contributed by atoms with Crippen molar-refractivity contribution in [3.63, 3.8) is 0 Å². The van der Waals surface area contributed by atoms with E-state index in [4.69, 9.17) is 4.74 Å². The third-order valence-corrected chi connectivity index (χ3v) is 3.79. The van der Waals surface area contributed by atoms with Gasteiger partial charge in [-0.1, -0.05) is 6.07 Å². The molecule has 1 aliphatic rings. The number of rotatable bonds is 2. The molecule has 1 fully saturated rings. The van der Waals surface area contributed by atoms with Gasteiger partial charge in [0.25, 0.3) is 0 Å². The van der Waals surface area contributed by atoms with Crippen molar-refractivity contribution >= 4 is 11.3 Å². The number of thiophene rings is 1. The molecule has 0 saturated carbocycles. The Morgan fingerprint density at radius 3 is 3.18 bits per heavy atom. The van der Waals surface area contributed by atoms with Crippen molar-refractivity contribution < 1.29 is 4.74 Å². The van der Waals surface area contributed by atoms with Gasteiger partial charge in [0.15, 0.2) is 0 Å². The van der Waals surface area contributed by atoms with E-state index in [2.05, 4.69) is 39.7 Å². The summed E-state index contributed by atoms with van der Waals surface area (Å²) in [5.74, 6) is 0.977. The summed E-state index contributed by atoms with van der Waals surface area (Å²) < 4.78 is 5.46. The molecule has 3 rings (SSSR count). The number of aryl methyl sites for hydroxylation is 1. The summed E-state index contributed by atoms with van der Waals surface area (Å²) in [6, 6.07) is 4.34. The highest BCUT2D eigenvalue weighted by Crippen LogP contribution is 2.27. The Balaban J connectivity index is 1.90. The average Bonchev–Trinajstić information content (AvgIpc) is 2.99. The van der Waals surface area contributed by atoms with Gasteiger partial charge in [0, 0.05) is 12.2 Å². The van der Waals surface area contributed by atoms with Crippen LogP contribution in [-0.4, -0.2) is 29.7 Å². The Kier molecular flexibility index (Phi) is 2.96.